The Balaban J connectivity index is 2.68. The first-order valence-electron chi connectivity index (χ1n) is 4.68. The zero-order valence-electron chi connectivity index (χ0n) is 7.95. The van der Waals surface area contributed by atoms with Crippen molar-refractivity contribution in [2.24, 2.45) is 9.98 Å². The second-order valence-electron chi connectivity index (χ2n) is 2.85. The van der Waals surface area contributed by atoms with Crippen LogP contribution >= 0.6 is 0 Å². The molecule has 0 fully saturated rings. The van der Waals surface area contributed by atoms with Gasteiger partial charge in [-0.25, -0.2) is 4.99 Å². The molecule has 0 aliphatic carbocycles. The van der Waals surface area contributed by atoms with Gasteiger partial charge in [0.25, 0.3) is 0 Å². The van der Waals surface area contributed by atoms with Crippen LogP contribution in [0.3, 0.4) is 0 Å². The highest BCUT2D eigenvalue weighted by Crippen LogP contribution is 2.00. The molecular weight excluding hydrogens is 149 g/mol. The van der Waals surface area contributed by atoms with Crippen molar-refractivity contribution in [3.63, 3.8) is 0 Å². The third kappa shape index (κ3) is 2.36. The summed E-state index contributed by atoms with van der Waals surface area (Å²) in [6.07, 6.45) is 3.84. The summed E-state index contributed by atoms with van der Waals surface area (Å²) in [7, 11) is 2.14. The number of hydrogen-bond donors (Lipinski definition) is 0. The zero-order valence-corrected chi connectivity index (χ0v) is 7.95. The molecule has 12 heavy (non-hydrogen) atoms. The maximum atomic E-state index is 4.30. The van der Waals surface area contributed by atoms with Crippen molar-refractivity contribution in [3.05, 3.63) is 0 Å². The molecule has 0 atom stereocenters. The second kappa shape index (κ2) is 4.96. The first-order valence-corrected chi connectivity index (χ1v) is 4.68. The first kappa shape index (κ1) is 9.29. The molecule has 4 heteroatoms. The van der Waals surface area contributed by atoms with Crippen molar-refractivity contribution in [1.29, 1.82) is 0 Å². The largest absolute Gasteiger partial charge is 0.361 e. The molecule has 0 saturated carbocycles. The van der Waals surface area contributed by atoms with Crippen molar-refractivity contribution >= 4 is 20.0 Å². The minimum Gasteiger partial charge on any atom is -0.361 e. The minimum absolute atomic E-state index is 0.914. The summed E-state index contributed by atoms with van der Waals surface area (Å²) in [5, 5.41) is 0. The Hall–Kier alpha value is -0.795. The summed E-state index contributed by atoms with van der Waals surface area (Å²) in [6.45, 7) is 5.24. The van der Waals surface area contributed by atoms with Crippen LogP contribution in [0.2, 0.25) is 6.32 Å². The Labute approximate surface area is 75.0 Å². The number of rotatable bonds is 2. The van der Waals surface area contributed by atoms with E-state index >= 15 is 0 Å². The summed E-state index contributed by atoms with van der Waals surface area (Å²) in [5.74, 6) is 1.17. The fourth-order valence-corrected chi connectivity index (χ4v) is 1.38. The molecule has 3 nitrogen and oxygen atoms in total. The highest BCUT2D eigenvalue weighted by Gasteiger charge is 2.06. The highest BCUT2D eigenvalue weighted by molar-refractivity contribution is 6.21. The summed E-state index contributed by atoms with van der Waals surface area (Å²) in [4.78, 5) is 10.8. The van der Waals surface area contributed by atoms with E-state index in [-0.39, 0.29) is 0 Å². The fourth-order valence-electron chi connectivity index (χ4n) is 1.38. The average Bonchev–Trinajstić information content (AvgIpc) is 2.05. The molecule has 0 spiro atoms. The minimum atomic E-state index is 0.914. The monoisotopic (exact) mass is 165 g/mol. The molecule has 1 aliphatic rings. The van der Waals surface area contributed by atoms with Crippen LogP contribution in [0.5, 0.6) is 0 Å². The Bertz CT molecular complexity index is 189. The molecule has 0 saturated heterocycles. The van der Waals surface area contributed by atoms with Gasteiger partial charge in [-0.15, -0.1) is 0 Å². The summed E-state index contributed by atoms with van der Waals surface area (Å²) < 4.78 is 0. The van der Waals surface area contributed by atoms with Crippen LogP contribution in [0.25, 0.3) is 0 Å². The normalized spacial score (nSPS) is 25.4. The molecule has 1 aliphatic heterocycles. The van der Waals surface area contributed by atoms with E-state index in [1.807, 2.05) is 0 Å². The smallest absolute Gasteiger partial charge is 0.111 e. The molecule has 0 N–H and O–H groups in total. The topological polar surface area (TPSA) is 28.0 Å². The third-order valence-corrected chi connectivity index (χ3v) is 2.07. The summed E-state index contributed by atoms with van der Waals surface area (Å²) in [6, 6.07) is 0. The van der Waals surface area contributed by atoms with E-state index in [0.29, 0.717) is 0 Å². The Kier molecular flexibility index (Phi) is 3.84. The van der Waals surface area contributed by atoms with Gasteiger partial charge >= 0.3 is 0 Å². The zero-order chi connectivity index (χ0) is 8.81. The molecule has 1 heterocycles. The molecule has 0 aromatic carbocycles. The lowest BCUT2D eigenvalue weighted by Crippen LogP contribution is -2.32. The van der Waals surface area contributed by atoms with Gasteiger partial charge in [0.2, 0.25) is 0 Å². The molecule has 1 rings (SSSR count). The van der Waals surface area contributed by atoms with Crippen LogP contribution in [0, 0.1) is 0 Å². The predicted molar refractivity (Wildman–Crippen MR) is 56.0 cm³/mol. The van der Waals surface area contributed by atoms with Gasteiger partial charge < -0.3 is 4.90 Å². The summed E-state index contributed by atoms with van der Waals surface area (Å²) in [5.41, 5.74) is 0. The lowest BCUT2D eigenvalue weighted by molar-refractivity contribution is 0.430. The number of amidine groups is 1. The fraction of sp³-hybridized carbons (Fsp3) is 0.750. The van der Waals surface area contributed by atoms with Crippen molar-refractivity contribution < 1.29 is 0 Å². The predicted octanol–water partition coefficient (Wildman–Crippen LogP) is 0.190. The van der Waals surface area contributed by atoms with Gasteiger partial charge in [-0.2, -0.15) is 0 Å². The quantitative estimate of drug-likeness (QED) is 0.537. The molecule has 0 aromatic heterocycles. The Morgan fingerprint density at radius 2 is 2.50 bits per heavy atom. The maximum absolute atomic E-state index is 4.30. The molecule has 0 bridgehead atoms. The maximum Gasteiger partial charge on any atom is 0.111 e. The van der Waals surface area contributed by atoms with Gasteiger partial charge in [0.15, 0.2) is 0 Å². The van der Waals surface area contributed by atoms with Gasteiger partial charge in [-0.05, 0) is 19.7 Å². The van der Waals surface area contributed by atoms with E-state index in [2.05, 4.69) is 29.7 Å². The lowest BCUT2D eigenvalue weighted by atomic mass is 10.0. The standard InChI is InChI=1S/C8H16BN3/c1-2-12-5-3-4-10-7-11-8(12)6-9/h7H,2-6,9H2,1H3/b10-7-,11-8-. The third-order valence-electron chi connectivity index (χ3n) is 2.07. The second-order valence-corrected chi connectivity index (χ2v) is 2.85. The van der Waals surface area contributed by atoms with Crippen molar-refractivity contribution in [3.8, 4) is 0 Å². The molecule has 0 unspecified atom stereocenters. The Morgan fingerprint density at radius 1 is 1.67 bits per heavy atom. The first-order chi connectivity index (χ1) is 5.88. The molecule has 0 aromatic rings. The van der Waals surface area contributed by atoms with E-state index in [9.17, 15) is 0 Å². The van der Waals surface area contributed by atoms with E-state index in [4.69, 9.17) is 0 Å². The van der Waals surface area contributed by atoms with Gasteiger partial charge in [0.05, 0.1) is 5.84 Å². The van der Waals surface area contributed by atoms with E-state index in [1.165, 1.54) is 5.84 Å². The number of hydrogen-bond acceptors (Lipinski definition) is 3. The Morgan fingerprint density at radius 3 is 3.17 bits per heavy atom. The van der Waals surface area contributed by atoms with Gasteiger partial charge in [0.1, 0.15) is 14.2 Å². The van der Waals surface area contributed by atoms with Crippen LogP contribution in [0.15, 0.2) is 9.98 Å². The highest BCUT2D eigenvalue weighted by atomic mass is 15.2. The van der Waals surface area contributed by atoms with Gasteiger partial charge in [-0.3, -0.25) is 4.99 Å². The van der Waals surface area contributed by atoms with Gasteiger partial charge in [0, 0.05) is 19.6 Å². The van der Waals surface area contributed by atoms with Crippen LogP contribution in [-0.2, 0) is 0 Å². The molecular formula is C8H16BN3. The summed E-state index contributed by atoms with van der Waals surface area (Å²) >= 11 is 0. The van der Waals surface area contributed by atoms with Gasteiger partial charge in [-0.1, -0.05) is 0 Å². The van der Waals surface area contributed by atoms with Crippen LogP contribution in [0.4, 0.5) is 0 Å². The SMILES string of the molecule is BC/C1=N/C=N\CCCN1CC. The van der Waals surface area contributed by atoms with Crippen molar-refractivity contribution in [2.75, 3.05) is 19.6 Å². The van der Waals surface area contributed by atoms with E-state index in [1.54, 1.807) is 6.34 Å². The number of nitrogens with zero attached hydrogens (tertiary/aromatic N) is 3. The van der Waals surface area contributed by atoms with E-state index in [0.717, 1.165) is 32.4 Å². The van der Waals surface area contributed by atoms with Crippen LogP contribution in [-0.4, -0.2) is 44.6 Å². The number of aliphatic imine (C=N–C) groups is 2. The average molecular weight is 165 g/mol. The van der Waals surface area contributed by atoms with Crippen LogP contribution in [0.1, 0.15) is 13.3 Å². The van der Waals surface area contributed by atoms with E-state index < -0.39 is 0 Å². The van der Waals surface area contributed by atoms with Crippen LogP contribution < -0.4 is 0 Å². The molecule has 0 amide bonds. The van der Waals surface area contributed by atoms with Crippen molar-refractivity contribution in [2.45, 2.75) is 19.7 Å². The lowest BCUT2D eigenvalue weighted by Gasteiger charge is -2.24. The molecule has 66 valence electrons. The molecule has 0 radical (unpaired) electrons. The van der Waals surface area contributed by atoms with Crippen molar-refractivity contribution in [1.82, 2.24) is 4.90 Å².